The molecule has 1 heterocycles. The number of benzene rings is 1. The summed E-state index contributed by atoms with van der Waals surface area (Å²) in [4.78, 5) is 11.9. The number of thiophene rings is 1. The normalized spacial score (nSPS) is 11.2. The van der Waals surface area contributed by atoms with Crippen molar-refractivity contribution in [2.75, 3.05) is 11.3 Å². The number of anilines is 1. The third kappa shape index (κ3) is 3.58. The first-order valence-electron chi connectivity index (χ1n) is 6.49. The number of nitrogens with one attached hydrogen (secondary N) is 1. The van der Waals surface area contributed by atoms with Crippen molar-refractivity contribution >= 4 is 33.0 Å². The summed E-state index contributed by atoms with van der Waals surface area (Å²) in [5.41, 5.74) is 5.59. The number of rotatable bonds is 6. The van der Waals surface area contributed by atoms with Gasteiger partial charge in [0.2, 0.25) is 0 Å². The highest BCUT2D eigenvalue weighted by Gasteiger charge is 2.21. The van der Waals surface area contributed by atoms with Crippen molar-refractivity contribution < 1.29 is 17.9 Å². The standard InChI is InChI=1S/C14H16N2O4S2/c1-3-20-11-6-4-10(5-7-11)16-22(18,19)13-8-12(14(15)17)21-9(13)2/h4-8,16H,3H2,1-2H3,(H2,15,17). The molecule has 1 aromatic carbocycles. The topological polar surface area (TPSA) is 98.5 Å². The Kier molecular flexibility index (Phi) is 4.72. The van der Waals surface area contributed by atoms with Crippen LogP contribution >= 0.6 is 11.3 Å². The number of carbonyl (C=O) groups is 1. The number of aryl methyl sites for hydroxylation is 1. The minimum absolute atomic E-state index is 0.0557. The van der Waals surface area contributed by atoms with E-state index in [1.165, 1.54) is 6.07 Å². The molecule has 0 aliphatic carbocycles. The number of hydrogen-bond acceptors (Lipinski definition) is 5. The third-order valence-electron chi connectivity index (χ3n) is 2.82. The maximum Gasteiger partial charge on any atom is 0.263 e. The van der Waals surface area contributed by atoms with Gasteiger partial charge in [-0.05, 0) is 44.2 Å². The fourth-order valence-electron chi connectivity index (χ4n) is 1.85. The number of nitrogens with two attached hydrogens (primary N) is 1. The van der Waals surface area contributed by atoms with Gasteiger partial charge < -0.3 is 10.5 Å². The lowest BCUT2D eigenvalue weighted by atomic mass is 10.3. The molecular formula is C14H16N2O4S2. The van der Waals surface area contributed by atoms with Gasteiger partial charge in [0.25, 0.3) is 15.9 Å². The van der Waals surface area contributed by atoms with Crippen LogP contribution in [0.3, 0.4) is 0 Å². The summed E-state index contributed by atoms with van der Waals surface area (Å²) in [7, 11) is -3.77. The molecule has 8 heteroatoms. The van der Waals surface area contributed by atoms with Crippen LogP contribution in [0.2, 0.25) is 0 Å². The van der Waals surface area contributed by atoms with Crippen LogP contribution in [0.5, 0.6) is 5.75 Å². The molecule has 0 saturated heterocycles. The van der Waals surface area contributed by atoms with E-state index in [0.717, 1.165) is 11.3 Å². The van der Waals surface area contributed by atoms with Crippen molar-refractivity contribution in [3.63, 3.8) is 0 Å². The van der Waals surface area contributed by atoms with Gasteiger partial charge in [-0.25, -0.2) is 8.42 Å². The molecule has 6 nitrogen and oxygen atoms in total. The second-order valence-electron chi connectivity index (χ2n) is 4.46. The monoisotopic (exact) mass is 340 g/mol. The molecule has 0 atom stereocenters. The lowest BCUT2D eigenvalue weighted by Gasteiger charge is -2.08. The Morgan fingerprint density at radius 2 is 1.95 bits per heavy atom. The number of sulfonamides is 1. The van der Waals surface area contributed by atoms with E-state index in [0.29, 0.717) is 22.9 Å². The molecule has 0 bridgehead atoms. The Labute approximate surface area is 133 Å². The molecule has 0 radical (unpaired) electrons. The predicted octanol–water partition coefficient (Wildman–Crippen LogP) is 2.35. The Balaban J connectivity index is 2.25. The van der Waals surface area contributed by atoms with E-state index in [-0.39, 0.29) is 9.77 Å². The number of carbonyl (C=O) groups excluding carboxylic acids is 1. The van der Waals surface area contributed by atoms with E-state index in [9.17, 15) is 13.2 Å². The quantitative estimate of drug-likeness (QED) is 0.843. The van der Waals surface area contributed by atoms with Crippen LogP contribution in [0, 0.1) is 6.92 Å². The molecule has 3 N–H and O–H groups in total. The van der Waals surface area contributed by atoms with Crippen molar-refractivity contribution in [2.45, 2.75) is 18.7 Å². The van der Waals surface area contributed by atoms with E-state index in [4.69, 9.17) is 10.5 Å². The maximum atomic E-state index is 12.4. The predicted molar refractivity (Wildman–Crippen MR) is 86.0 cm³/mol. The molecule has 0 fully saturated rings. The molecule has 1 aromatic heterocycles. The van der Waals surface area contributed by atoms with Gasteiger partial charge >= 0.3 is 0 Å². The molecule has 22 heavy (non-hydrogen) atoms. The summed E-state index contributed by atoms with van der Waals surface area (Å²) in [5.74, 6) is 0.0174. The van der Waals surface area contributed by atoms with Gasteiger partial charge in [0, 0.05) is 10.6 Å². The van der Waals surface area contributed by atoms with Crippen molar-refractivity contribution in [3.05, 3.63) is 40.1 Å². The van der Waals surface area contributed by atoms with Crippen molar-refractivity contribution in [3.8, 4) is 5.75 Å². The largest absolute Gasteiger partial charge is 0.494 e. The van der Waals surface area contributed by atoms with E-state index in [1.807, 2.05) is 6.92 Å². The summed E-state index contributed by atoms with van der Waals surface area (Å²) in [6.07, 6.45) is 0. The first-order chi connectivity index (χ1) is 10.3. The van der Waals surface area contributed by atoms with Crippen molar-refractivity contribution in [1.29, 1.82) is 0 Å². The second-order valence-corrected chi connectivity index (χ2v) is 7.37. The van der Waals surface area contributed by atoms with Crippen LogP contribution in [0.4, 0.5) is 5.69 Å². The van der Waals surface area contributed by atoms with Crippen LogP contribution < -0.4 is 15.2 Å². The highest BCUT2D eigenvalue weighted by molar-refractivity contribution is 7.93. The molecule has 0 aliphatic rings. The Morgan fingerprint density at radius 3 is 2.45 bits per heavy atom. The average Bonchev–Trinajstić information content (AvgIpc) is 2.84. The Morgan fingerprint density at radius 1 is 1.32 bits per heavy atom. The molecule has 2 aromatic rings. The first-order valence-corrected chi connectivity index (χ1v) is 8.79. The number of hydrogen-bond donors (Lipinski definition) is 2. The highest BCUT2D eigenvalue weighted by atomic mass is 32.2. The maximum absolute atomic E-state index is 12.4. The smallest absolute Gasteiger partial charge is 0.263 e. The second kappa shape index (κ2) is 6.37. The summed E-state index contributed by atoms with van der Waals surface area (Å²) >= 11 is 1.06. The zero-order valence-corrected chi connectivity index (χ0v) is 13.8. The van der Waals surface area contributed by atoms with E-state index in [2.05, 4.69) is 4.72 Å². The molecule has 2 rings (SSSR count). The zero-order valence-electron chi connectivity index (χ0n) is 12.1. The lowest BCUT2D eigenvalue weighted by molar-refractivity contribution is 0.100. The molecule has 0 aliphatic heterocycles. The van der Waals surface area contributed by atoms with E-state index in [1.54, 1.807) is 31.2 Å². The minimum atomic E-state index is -3.77. The Bertz CT molecular complexity index is 780. The number of primary amides is 1. The van der Waals surface area contributed by atoms with Crippen LogP contribution in [0.15, 0.2) is 35.2 Å². The summed E-state index contributed by atoms with van der Waals surface area (Å²) in [6.45, 7) is 4.03. The van der Waals surface area contributed by atoms with Gasteiger partial charge in [0.1, 0.15) is 10.6 Å². The van der Waals surface area contributed by atoms with Gasteiger partial charge in [-0.1, -0.05) is 0 Å². The van der Waals surface area contributed by atoms with E-state index < -0.39 is 15.9 Å². The average molecular weight is 340 g/mol. The van der Waals surface area contributed by atoms with Gasteiger partial charge in [-0.15, -0.1) is 11.3 Å². The number of amides is 1. The van der Waals surface area contributed by atoms with Crippen LogP contribution in [-0.4, -0.2) is 20.9 Å². The SMILES string of the molecule is CCOc1ccc(NS(=O)(=O)c2cc(C(N)=O)sc2C)cc1. The van der Waals surface area contributed by atoms with E-state index >= 15 is 0 Å². The van der Waals surface area contributed by atoms with Crippen molar-refractivity contribution in [2.24, 2.45) is 5.73 Å². The van der Waals surface area contributed by atoms with Gasteiger partial charge in [-0.3, -0.25) is 9.52 Å². The zero-order chi connectivity index (χ0) is 16.3. The third-order valence-corrected chi connectivity index (χ3v) is 5.52. The van der Waals surface area contributed by atoms with Gasteiger partial charge in [0.15, 0.2) is 0 Å². The summed E-state index contributed by atoms with van der Waals surface area (Å²) in [6, 6.07) is 7.87. The fraction of sp³-hybridized carbons (Fsp3) is 0.214. The summed E-state index contributed by atoms with van der Waals surface area (Å²) < 4.78 is 32.5. The number of ether oxygens (including phenoxy) is 1. The fourth-order valence-corrected chi connectivity index (χ4v) is 4.35. The van der Waals surface area contributed by atoms with Gasteiger partial charge in [0.05, 0.1) is 11.5 Å². The van der Waals surface area contributed by atoms with Crippen LogP contribution in [0.25, 0.3) is 0 Å². The lowest BCUT2D eigenvalue weighted by Crippen LogP contribution is -2.13. The molecule has 118 valence electrons. The molecular weight excluding hydrogens is 324 g/mol. The highest BCUT2D eigenvalue weighted by Crippen LogP contribution is 2.27. The van der Waals surface area contributed by atoms with Crippen molar-refractivity contribution in [1.82, 2.24) is 0 Å². The molecule has 1 amide bonds. The minimum Gasteiger partial charge on any atom is -0.494 e. The molecule has 0 spiro atoms. The Hall–Kier alpha value is -2.06. The molecule has 0 saturated carbocycles. The summed E-state index contributed by atoms with van der Waals surface area (Å²) in [5, 5.41) is 0. The molecule has 0 unspecified atom stereocenters. The first kappa shape index (κ1) is 16.3. The van der Waals surface area contributed by atoms with Crippen LogP contribution in [-0.2, 0) is 10.0 Å². The van der Waals surface area contributed by atoms with Crippen LogP contribution in [0.1, 0.15) is 21.5 Å². The van der Waals surface area contributed by atoms with Gasteiger partial charge in [-0.2, -0.15) is 0 Å².